The molecule has 1 saturated heterocycles. The van der Waals surface area contributed by atoms with E-state index in [1.54, 1.807) is 24.5 Å². The first kappa shape index (κ1) is 15.7. The summed E-state index contributed by atoms with van der Waals surface area (Å²) in [5.74, 6) is 0.738. The molecule has 2 aromatic heterocycles. The van der Waals surface area contributed by atoms with Crippen molar-refractivity contribution >= 4 is 16.7 Å². The lowest BCUT2D eigenvalue weighted by Gasteiger charge is -2.30. The van der Waals surface area contributed by atoms with Crippen LogP contribution in [-0.4, -0.2) is 31.2 Å². The van der Waals surface area contributed by atoms with Crippen LogP contribution in [0.2, 0.25) is 0 Å². The van der Waals surface area contributed by atoms with Gasteiger partial charge < -0.3 is 19.4 Å². The number of fused-ring (bicyclic) bond motifs is 1. The number of benzene rings is 1. The number of pyridine rings is 1. The monoisotopic (exact) mass is 337 g/mol. The Balaban J connectivity index is 1.66. The summed E-state index contributed by atoms with van der Waals surface area (Å²) in [4.78, 5) is 18.2. The van der Waals surface area contributed by atoms with Crippen LogP contribution in [0.5, 0.6) is 5.75 Å². The maximum atomic E-state index is 11.9. The maximum Gasteiger partial charge on any atom is 0.338 e. The fourth-order valence-corrected chi connectivity index (χ4v) is 3.03. The van der Waals surface area contributed by atoms with Crippen molar-refractivity contribution in [3.8, 4) is 5.75 Å². The van der Waals surface area contributed by atoms with Crippen molar-refractivity contribution in [3.63, 3.8) is 0 Å². The van der Waals surface area contributed by atoms with Crippen LogP contribution in [0, 0.1) is 0 Å². The van der Waals surface area contributed by atoms with E-state index in [4.69, 9.17) is 9.15 Å². The van der Waals surface area contributed by atoms with Crippen molar-refractivity contribution in [3.05, 3.63) is 64.8 Å². The van der Waals surface area contributed by atoms with Crippen LogP contribution in [-0.2, 0) is 6.61 Å². The van der Waals surface area contributed by atoms with E-state index in [1.807, 2.05) is 24.3 Å². The predicted octanol–water partition coefficient (Wildman–Crippen LogP) is 2.18. The molecule has 1 aliphatic rings. The normalized spacial score (nSPS) is 14.6. The van der Waals surface area contributed by atoms with Gasteiger partial charge in [0.25, 0.3) is 0 Å². The topological polar surface area (TPSA) is 67.6 Å². The highest BCUT2D eigenvalue weighted by molar-refractivity contribution is 5.91. The lowest BCUT2D eigenvalue weighted by Crippen LogP contribution is -2.43. The fraction of sp³-hybridized carbons (Fsp3) is 0.263. The summed E-state index contributed by atoms with van der Waals surface area (Å²) in [6, 6.07) is 11.0. The third-order valence-electron chi connectivity index (χ3n) is 4.28. The highest BCUT2D eigenvalue weighted by Crippen LogP contribution is 2.29. The molecular weight excluding hydrogens is 318 g/mol. The van der Waals surface area contributed by atoms with Crippen molar-refractivity contribution in [1.29, 1.82) is 0 Å². The number of nitrogens with zero attached hydrogens (tertiary/aromatic N) is 2. The van der Waals surface area contributed by atoms with Gasteiger partial charge in [-0.05, 0) is 24.3 Å². The zero-order chi connectivity index (χ0) is 17.1. The number of piperazine rings is 1. The number of rotatable bonds is 4. The molecule has 3 heterocycles. The Hall–Kier alpha value is -2.86. The standard InChI is InChI=1S/C19H19N3O3/c23-19-11-17(22-8-6-20-7-9-22)16-10-15(3-4-18(16)25-19)24-13-14-2-1-5-21-12-14/h1-5,10-12,20H,6-9,13H2. The van der Waals surface area contributed by atoms with Gasteiger partial charge in [0.1, 0.15) is 17.9 Å². The van der Waals surface area contributed by atoms with Gasteiger partial charge in [-0.3, -0.25) is 4.98 Å². The molecule has 6 nitrogen and oxygen atoms in total. The Morgan fingerprint density at radius 2 is 2.08 bits per heavy atom. The van der Waals surface area contributed by atoms with Crippen LogP contribution in [0.3, 0.4) is 0 Å². The van der Waals surface area contributed by atoms with Gasteiger partial charge in [-0.15, -0.1) is 0 Å². The van der Waals surface area contributed by atoms with Crippen molar-refractivity contribution in [2.45, 2.75) is 6.61 Å². The summed E-state index contributed by atoms with van der Waals surface area (Å²) in [5.41, 5.74) is 2.16. The molecule has 1 aromatic carbocycles. The molecule has 0 amide bonds. The van der Waals surface area contributed by atoms with E-state index in [-0.39, 0.29) is 5.63 Å². The van der Waals surface area contributed by atoms with Crippen LogP contribution in [0.1, 0.15) is 5.56 Å². The molecule has 1 fully saturated rings. The third-order valence-corrected chi connectivity index (χ3v) is 4.28. The second kappa shape index (κ2) is 6.94. The number of hydrogen-bond acceptors (Lipinski definition) is 6. The lowest BCUT2D eigenvalue weighted by molar-refractivity contribution is 0.306. The van der Waals surface area contributed by atoms with E-state index in [0.717, 1.165) is 48.6 Å². The van der Waals surface area contributed by atoms with Gasteiger partial charge in [-0.25, -0.2) is 4.79 Å². The number of hydrogen-bond donors (Lipinski definition) is 1. The number of ether oxygens (including phenoxy) is 1. The van der Waals surface area contributed by atoms with Gasteiger partial charge in [0.15, 0.2) is 0 Å². The lowest BCUT2D eigenvalue weighted by atomic mass is 10.1. The first-order valence-electron chi connectivity index (χ1n) is 8.35. The molecule has 0 atom stereocenters. The SMILES string of the molecule is O=c1cc(N2CCNCC2)c2cc(OCc3cccnc3)ccc2o1. The smallest absolute Gasteiger partial charge is 0.338 e. The van der Waals surface area contributed by atoms with E-state index >= 15 is 0 Å². The summed E-state index contributed by atoms with van der Waals surface area (Å²) < 4.78 is 11.2. The van der Waals surface area contributed by atoms with Gasteiger partial charge in [-0.2, -0.15) is 0 Å². The molecule has 25 heavy (non-hydrogen) atoms. The Bertz CT molecular complexity index is 918. The van der Waals surface area contributed by atoms with E-state index in [1.165, 1.54) is 0 Å². The molecule has 4 rings (SSSR count). The minimum absolute atomic E-state index is 0.329. The molecule has 128 valence electrons. The van der Waals surface area contributed by atoms with Crippen LogP contribution in [0.25, 0.3) is 11.0 Å². The second-order valence-electron chi connectivity index (χ2n) is 6.00. The Labute approximate surface area is 145 Å². The zero-order valence-electron chi connectivity index (χ0n) is 13.8. The fourth-order valence-electron chi connectivity index (χ4n) is 3.03. The van der Waals surface area contributed by atoms with Gasteiger partial charge in [0, 0.05) is 55.6 Å². The largest absolute Gasteiger partial charge is 0.489 e. The average Bonchev–Trinajstić information content (AvgIpc) is 2.67. The quantitative estimate of drug-likeness (QED) is 0.736. The summed E-state index contributed by atoms with van der Waals surface area (Å²) in [7, 11) is 0. The molecule has 0 bridgehead atoms. The van der Waals surface area contributed by atoms with E-state index < -0.39 is 0 Å². The highest BCUT2D eigenvalue weighted by Gasteiger charge is 2.16. The molecule has 0 saturated carbocycles. The molecule has 0 radical (unpaired) electrons. The summed E-state index contributed by atoms with van der Waals surface area (Å²) in [6.45, 7) is 3.97. The van der Waals surface area contributed by atoms with Gasteiger partial charge in [-0.1, -0.05) is 6.07 Å². The summed E-state index contributed by atoms with van der Waals surface area (Å²) in [6.07, 6.45) is 3.52. The Kier molecular flexibility index (Phi) is 4.35. The van der Waals surface area contributed by atoms with Crippen molar-refractivity contribution in [1.82, 2.24) is 10.3 Å². The van der Waals surface area contributed by atoms with E-state index in [2.05, 4.69) is 15.2 Å². The first-order chi connectivity index (χ1) is 12.3. The number of aromatic nitrogens is 1. The zero-order valence-corrected chi connectivity index (χ0v) is 13.8. The molecule has 3 aromatic rings. The van der Waals surface area contributed by atoms with Crippen molar-refractivity contribution < 1.29 is 9.15 Å². The van der Waals surface area contributed by atoms with Gasteiger partial charge in [0.2, 0.25) is 0 Å². The average molecular weight is 337 g/mol. The van der Waals surface area contributed by atoms with Gasteiger partial charge >= 0.3 is 5.63 Å². The van der Waals surface area contributed by atoms with E-state index in [0.29, 0.717) is 12.2 Å². The molecule has 1 aliphatic heterocycles. The predicted molar refractivity (Wildman–Crippen MR) is 96.1 cm³/mol. The van der Waals surface area contributed by atoms with Crippen LogP contribution >= 0.6 is 0 Å². The molecule has 0 aliphatic carbocycles. The van der Waals surface area contributed by atoms with Gasteiger partial charge in [0.05, 0.1) is 5.69 Å². The molecular formula is C19H19N3O3. The highest BCUT2D eigenvalue weighted by atomic mass is 16.5. The van der Waals surface area contributed by atoms with Crippen LogP contribution in [0.4, 0.5) is 5.69 Å². The van der Waals surface area contributed by atoms with Crippen molar-refractivity contribution in [2.75, 3.05) is 31.1 Å². The number of anilines is 1. The van der Waals surface area contributed by atoms with E-state index in [9.17, 15) is 4.79 Å². The molecule has 0 spiro atoms. The molecule has 6 heteroatoms. The second-order valence-corrected chi connectivity index (χ2v) is 6.00. The summed E-state index contributed by atoms with van der Waals surface area (Å²) in [5, 5.41) is 4.22. The Morgan fingerprint density at radius 1 is 1.20 bits per heavy atom. The minimum Gasteiger partial charge on any atom is -0.489 e. The maximum absolute atomic E-state index is 11.9. The van der Waals surface area contributed by atoms with Crippen molar-refractivity contribution in [2.24, 2.45) is 0 Å². The summed E-state index contributed by atoms with van der Waals surface area (Å²) >= 11 is 0. The van der Waals surface area contributed by atoms with Crippen LogP contribution < -0.4 is 20.6 Å². The minimum atomic E-state index is -0.329. The number of nitrogens with one attached hydrogen (secondary N) is 1. The van der Waals surface area contributed by atoms with Crippen LogP contribution in [0.15, 0.2) is 58.0 Å². The third kappa shape index (κ3) is 3.49. The molecule has 1 N–H and O–H groups in total. The first-order valence-corrected chi connectivity index (χ1v) is 8.35. The Morgan fingerprint density at radius 3 is 2.88 bits per heavy atom. The molecule has 0 unspecified atom stereocenters.